The molecule has 48 heavy (non-hydrogen) atoms. The average Bonchev–Trinajstić information content (AvgIpc) is 3.65. The monoisotopic (exact) mass is 717 g/mol. The second-order valence-corrected chi connectivity index (χ2v) is 10.4. The summed E-state index contributed by atoms with van der Waals surface area (Å²) in [5.41, 5.74) is -1.11. The van der Waals surface area contributed by atoms with Gasteiger partial charge in [0.05, 0.1) is 22.0 Å². The van der Waals surface area contributed by atoms with Gasteiger partial charge in [-0.25, -0.2) is 14.1 Å². The van der Waals surface area contributed by atoms with Gasteiger partial charge in [0.15, 0.2) is 5.82 Å². The van der Waals surface area contributed by atoms with E-state index < -0.39 is 59.5 Å². The van der Waals surface area contributed by atoms with Crippen molar-refractivity contribution in [1.29, 1.82) is 0 Å². The summed E-state index contributed by atoms with van der Waals surface area (Å²) in [6.45, 7) is -0.722. The fourth-order valence-electron chi connectivity index (χ4n) is 4.08. The van der Waals surface area contributed by atoms with E-state index >= 15 is 4.39 Å². The van der Waals surface area contributed by atoms with E-state index in [1.54, 1.807) is 0 Å². The Kier molecular flexibility index (Phi) is 9.53. The maximum atomic E-state index is 15.2. The molecular formula is C27H16Cl2F7N9O3. The highest BCUT2D eigenvalue weighted by Crippen LogP contribution is 2.28. The van der Waals surface area contributed by atoms with Crippen LogP contribution in [-0.2, 0) is 19.3 Å². The van der Waals surface area contributed by atoms with E-state index in [4.69, 9.17) is 23.2 Å². The number of nitrogens with zero attached hydrogens (tertiary/aromatic N) is 7. The van der Waals surface area contributed by atoms with Gasteiger partial charge in [-0.05, 0) is 53.2 Å². The predicted octanol–water partition coefficient (Wildman–Crippen LogP) is 5.85. The first-order chi connectivity index (χ1) is 22.6. The summed E-state index contributed by atoms with van der Waals surface area (Å²) >= 11 is 12.2. The Hall–Kier alpha value is -5.30. The van der Waals surface area contributed by atoms with Crippen molar-refractivity contribution in [2.75, 3.05) is 5.32 Å². The summed E-state index contributed by atoms with van der Waals surface area (Å²) in [5.74, 6) is -5.19. The normalized spacial score (nSPS) is 11.8. The molecule has 0 unspecified atom stereocenters. The van der Waals surface area contributed by atoms with Crippen molar-refractivity contribution < 1.29 is 45.1 Å². The molecule has 5 aromatic rings. The average molecular weight is 718 g/mol. The molecule has 3 heterocycles. The van der Waals surface area contributed by atoms with Crippen LogP contribution in [0.15, 0.2) is 60.8 Å². The number of tetrazole rings is 1. The molecule has 2 N–H and O–H groups in total. The number of hydrogen-bond donors (Lipinski definition) is 2. The van der Waals surface area contributed by atoms with Crippen LogP contribution >= 0.6 is 23.2 Å². The van der Waals surface area contributed by atoms with Gasteiger partial charge in [0.2, 0.25) is 0 Å². The first-order valence-corrected chi connectivity index (χ1v) is 13.8. The number of pyridine rings is 1. The van der Waals surface area contributed by atoms with Crippen LogP contribution in [0.4, 0.5) is 36.4 Å². The molecule has 0 atom stereocenters. The molecule has 3 aromatic heterocycles. The molecule has 250 valence electrons. The first kappa shape index (κ1) is 34.0. The molecule has 0 spiro atoms. The summed E-state index contributed by atoms with van der Waals surface area (Å²) in [6.07, 6.45) is -8.45. The number of anilines is 1. The lowest BCUT2D eigenvalue weighted by atomic mass is 10.1. The molecule has 2 aromatic carbocycles. The standard InChI is InChI=1S/C27H16Cl2F7N9O3/c28-14-8-17(23(46)38-11-13-3-5-16(6-4-13)48-27(34,35)36)21(19(30)9-14)39-24(47)20-10-15(12-44-42-25(40-43-44)26(31,32)33)41-45(20)22-18(29)2-1-7-37-22/h1-10H,11-12H2,(H,38,46)(H,39,47). The van der Waals surface area contributed by atoms with Gasteiger partial charge in [0, 0.05) is 17.8 Å². The Labute approximate surface area is 273 Å². The summed E-state index contributed by atoms with van der Waals surface area (Å²) in [6, 6.07) is 10.5. The quantitative estimate of drug-likeness (QED) is 0.181. The van der Waals surface area contributed by atoms with Gasteiger partial charge < -0.3 is 15.4 Å². The largest absolute Gasteiger partial charge is 0.573 e. The number of ether oxygens (including phenoxy) is 1. The molecule has 0 saturated carbocycles. The molecule has 0 fully saturated rings. The number of alkyl halides is 6. The van der Waals surface area contributed by atoms with Gasteiger partial charge in [0.1, 0.15) is 23.8 Å². The van der Waals surface area contributed by atoms with Crippen LogP contribution in [0.3, 0.4) is 0 Å². The minimum absolute atomic E-state index is 0.00943. The molecule has 0 radical (unpaired) electrons. The Bertz CT molecular complexity index is 1980. The van der Waals surface area contributed by atoms with Crippen LogP contribution in [0.2, 0.25) is 10.0 Å². The molecule has 5 rings (SSSR count). The highest BCUT2D eigenvalue weighted by molar-refractivity contribution is 6.32. The fraction of sp³-hybridized carbons (Fsp3) is 0.148. The predicted molar refractivity (Wildman–Crippen MR) is 152 cm³/mol. The second kappa shape index (κ2) is 13.4. The Balaban J connectivity index is 1.41. The molecule has 0 saturated heterocycles. The number of carbonyl (C=O) groups is 2. The number of benzene rings is 2. The van der Waals surface area contributed by atoms with E-state index in [1.807, 2.05) is 0 Å². The summed E-state index contributed by atoms with van der Waals surface area (Å²) in [7, 11) is 0. The number of rotatable bonds is 9. The van der Waals surface area contributed by atoms with Gasteiger partial charge in [-0.15, -0.1) is 23.4 Å². The van der Waals surface area contributed by atoms with Gasteiger partial charge in [-0.3, -0.25) is 9.59 Å². The number of halogens is 9. The molecule has 2 amide bonds. The number of hydrogen-bond acceptors (Lipinski definition) is 8. The lowest BCUT2D eigenvalue weighted by molar-refractivity contribution is -0.274. The first-order valence-electron chi connectivity index (χ1n) is 13.1. The number of amides is 2. The van der Waals surface area contributed by atoms with Crippen molar-refractivity contribution in [3.05, 3.63) is 105 Å². The van der Waals surface area contributed by atoms with Crippen molar-refractivity contribution in [1.82, 2.24) is 40.3 Å². The highest BCUT2D eigenvalue weighted by atomic mass is 35.5. The van der Waals surface area contributed by atoms with E-state index in [2.05, 4.69) is 40.9 Å². The number of aromatic nitrogens is 7. The zero-order valence-corrected chi connectivity index (χ0v) is 25.0. The van der Waals surface area contributed by atoms with Crippen molar-refractivity contribution in [3.8, 4) is 11.6 Å². The second-order valence-electron chi connectivity index (χ2n) is 9.52. The van der Waals surface area contributed by atoms with Crippen molar-refractivity contribution in [2.45, 2.75) is 25.6 Å². The fourth-order valence-corrected chi connectivity index (χ4v) is 4.48. The van der Waals surface area contributed by atoms with Crippen LogP contribution in [0.1, 0.15) is 37.9 Å². The third kappa shape index (κ3) is 8.15. The SMILES string of the molecule is O=C(NCc1ccc(OC(F)(F)F)cc1)c1cc(Cl)cc(F)c1NC(=O)c1cc(Cn2nnc(C(F)(F)F)n2)nn1-c1ncccc1Cl. The maximum absolute atomic E-state index is 15.2. The van der Waals surface area contributed by atoms with Gasteiger partial charge in [-0.2, -0.15) is 23.1 Å². The van der Waals surface area contributed by atoms with Crippen molar-refractivity contribution >= 4 is 40.7 Å². The zero-order valence-electron chi connectivity index (χ0n) is 23.4. The molecule has 12 nitrogen and oxygen atoms in total. The molecule has 0 aliphatic heterocycles. The van der Waals surface area contributed by atoms with Crippen LogP contribution in [0.25, 0.3) is 5.82 Å². The third-order valence-electron chi connectivity index (χ3n) is 6.09. The van der Waals surface area contributed by atoms with E-state index in [-0.39, 0.29) is 33.8 Å². The lowest BCUT2D eigenvalue weighted by Gasteiger charge is -2.14. The maximum Gasteiger partial charge on any atom is 0.573 e. The topological polar surface area (TPSA) is 142 Å². The van der Waals surface area contributed by atoms with Gasteiger partial charge in [-0.1, -0.05) is 35.3 Å². The molecule has 0 aliphatic carbocycles. The highest BCUT2D eigenvalue weighted by Gasteiger charge is 2.37. The van der Waals surface area contributed by atoms with Crippen LogP contribution < -0.4 is 15.4 Å². The molecule has 0 bridgehead atoms. The Morgan fingerprint density at radius 1 is 0.938 bits per heavy atom. The van der Waals surface area contributed by atoms with Crippen LogP contribution in [-0.4, -0.2) is 53.1 Å². The zero-order chi connectivity index (χ0) is 34.8. The van der Waals surface area contributed by atoms with Crippen molar-refractivity contribution in [3.63, 3.8) is 0 Å². The Morgan fingerprint density at radius 3 is 2.31 bits per heavy atom. The van der Waals surface area contributed by atoms with E-state index in [9.17, 15) is 35.9 Å². The number of nitrogens with one attached hydrogen (secondary N) is 2. The molecule has 0 aliphatic rings. The summed E-state index contributed by atoms with van der Waals surface area (Å²) in [4.78, 5) is 31.4. The lowest BCUT2D eigenvalue weighted by Crippen LogP contribution is -2.26. The minimum Gasteiger partial charge on any atom is -0.406 e. The van der Waals surface area contributed by atoms with Gasteiger partial charge in [0.25, 0.3) is 17.6 Å². The van der Waals surface area contributed by atoms with Crippen LogP contribution in [0.5, 0.6) is 5.75 Å². The Morgan fingerprint density at radius 2 is 1.67 bits per heavy atom. The number of carbonyl (C=O) groups excluding carboxylic acids is 2. The van der Waals surface area contributed by atoms with E-state index in [0.717, 1.165) is 35.0 Å². The smallest absolute Gasteiger partial charge is 0.406 e. The summed E-state index contributed by atoms with van der Waals surface area (Å²) < 4.78 is 96.1. The summed E-state index contributed by atoms with van der Waals surface area (Å²) in [5, 5.41) is 18.2. The van der Waals surface area contributed by atoms with Crippen LogP contribution in [0, 0.1) is 5.82 Å². The molecule has 21 heteroatoms. The third-order valence-corrected chi connectivity index (χ3v) is 6.60. The van der Waals surface area contributed by atoms with E-state index in [1.165, 1.54) is 30.5 Å². The molecular weight excluding hydrogens is 702 g/mol. The van der Waals surface area contributed by atoms with E-state index in [0.29, 0.717) is 10.4 Å². The van der Waals surface area contributed by atoms with Crippen molar-refractivity contribution in [2.24, 2.45) is 0 Å². The minimum atomic E-state index is -4.90. The van der Waals surface area contributed by atoms with Gasteiger partial charge >= 0.3 is 12.5 Å².